The van der Waals surface area contributed by atoms with Crippen LogP contribution in [0.4, 0.5) is 0 Å². The molecular formula is C20H33N3O. The number of hydrogen-bond donors (Lipinski definition) is 1. The largest absolute Gasteiger partial charge is 0.390 e. The Morgan fingerprint density at radius 2 is 1.75 bits per heavy atom. The maximum atomic E-state index is 10.7. The number of rotatable bonds is 5. The molecule has 0 saturated carbocycles. The molecule has 2 saturated heterocycles. The van der Waals surface area contributed by atoms with Gasteiger partial charge in [0.1, 0.15) is 0 Å². The number of benzene rings is 1. The fourth-order valence-corrected chi connectivity index (χ4v) is 4.04. The highest BCUT2D eigenvalue weighted by Crippen LogP contribution is 2.25. The molecule has 3 rings (SSSR count). The summed E-state index contributed by atoms with van der Waals surface area (Å²) < 4.78 is 0. The van der Waals surface area contributed by atoms with E-state index in [1.165, 1.54) is 18.4 Å². The molecule has 0 radical (unpaired) electrons. The van der Waals surface area contributed by atoms with Gasteiger partial charge in [-0.3, -0.25) is 4.90 Å². The zero-order chi connectivity index (χ0) is 16.9. The van der Waals surface area contributed by atoms with Crippen LogP contribution in [0.25, 0.3) is 0 Å². The van der Waals surface area contributed by atoms with E-state index in [1.807, 2.05) is 0 Å². The van der Waals surface area contributed by atoms with Crippen LogP contribution in [-0.2, 0) is 0 Å². The second-order valence-electron chi connectivity index (χ2n) is 7.82. The summed E-state index contributed by atoms with van der Waals surface area (Å²) in [4.78, 5) is 7.32. The van der Waals surface area contributed by atoms with Crippen molar-refractivity contribution in [3.8, 4) is 0 Å². The van der Waals surface area contributed by atoms with Gasteiger partial charge in [0.2, 0.25) is 0 Å². The Labute approximate surface area is 147 Å². The smallest absolute Gasteiger partial charge is 0.0794 e. The average Bonchev–Trinajstić information content (AvgIpc) is 2.59. The molecule has 4 nitrogen and oxygen atoms in total. The molecular weight excluding hydrogens is 298 g/mol. The number of nitrogens with zero attached hydrogens (tertiary/aromatic N) is 3. The zero-order valence-electron chi connectivity index (χ0n) is 15.3. The van der Waals surface area contributed by atoms with E-state index in [4.69, 9.17) is 0 Å². The second-order valence-corrected chi connectivity index (χ2v) is 7.82. The van der Waals surface area contributed by atoms with Gasteiger partial charge in [0, 0.05) is 38.8 Å². The summed E-state index contributed by atoms with van der Waals surface area (Å²) in [5.74, 6) is 0.846. The number of likely N-dealkylation sites (N-methyl/N-ethyl adjacent to an activating group) is 1. The van der Waals surface area contributed by atoms with E-state index < -0.39 is 0 Å². The molecule has 2 unspecified atom stereocenters. The number of piperidine rings is 1. The first-order valence-corrected chi connectivity index (χ1v) is 9.50. The van der Waals surface area contributed by atoms with Crippen molar-refractivity contribution in [2.24, 2.45) is 5.92 Å². The van der Waals surface area contributed by atoms with Crippen molar-refractivity contribution in [3.05, 3.63) is 35.9 Å². The molecule has 0 bridgehead atoms. The highest BCUT2D eigenvalue weighted by molar-refractivity contribution is 5.20. The third kappa shape index (κ3) is 4.79. The number of β-amino-alcohol motifs (C(OH)–C–C–N with tert-alkyl or cyclic N) is 1. The fourth-order valence-electron chi connectivity index (χ4n) is 4.04. The van der Waals surface area contributed by atoms with Crippen LogP contribution in [0, 0.1) is 5.92 Å². The maximum Gasteiger partial charge on any atom is 0.0794 e. The minimum Gasteiger partial charge on any atom is -0.390 e. The Morgan fingerprint density at radius 3 is 2.46 bits per heavy atom. The molecule has 0 aliphatic carbocycles. The number of likely N-dealkylation sites (tertiary alicyclic amines) is 1. The van der Waals surface area contributed by atoms with Crippen molar-refractivity contribution in [3.63, 3.8) is 0 Å². The van der Waals surface area contributed by atoms with Gasteiger partial charge in [-0.2, -0.15) is 0 Å². The third-order valence-corrected chi connectivity index (χ3v) is 5.67. The molecule has 2 fully saturated rings. The van der Waals surface area contributed by atoms with Crippen molar-refractivity contribution in [1.29, 1.82) is 0 Å². The summed E-state index contributed by atoms with van der Waals surface area (Å²) in [7, 11) is 2.19. The molecule has 4 heteroatoms. The molecule has 24 heavy (non-hydrogen) atoms. The lowest BCUT2D eigenvalue weighted by Crippen LogP contribution is -2.51. The van der Waals surface area contributed by atoms with Gasteiger partial charge in [-0.15, -0.1) is 0 Å². The fraction of sp³-hybridized carbons (Fsp3) is 0.700. The highest BCUT2D eigenvalue weighted by Gasteiger charge is 2.28. The van der Waals surface area contributed by atoms with Gasteiger partial charge in [-0.25, -0.2) is 0 Å². The Kier molecular flexibility index (Phi) is 6.28. The summed E-state index contributed by atoms with van der Waals surface area (Å²) in [5, 5.41) is 10.7. The highest BCUT2D eigenvalue weighted by atomic mass is 16.3. The zero-order valence-corrected chi connectivity index (χ0v) is 15.3. The molecule has 1 aromatic rings. The quantitative estimate of drug-likeness (QED) is 0.895. The summed E-state index contributed by atoms with van der Waals surface area (Å²) in [6, 6.07) is 11.1. The van der Waals surface area contributed by atoms with E-state index in [2.05, 4.69) is 59.0 Å². The van der Waals surface area contributed by atoms with Gasteiger partial charge in [0.15, 0.2) is 0 Å². The monoisotopic (exact) mass is 331 g/mol. The molecule has 134 valence electrons. The van der Waals surface area contributed by atoms with Crippen molar-refractivity contribution in [1.82, 2.24) is 14.7 Å². The van der Waals surface area contributed by atoms with E-state index in [0.717, 1.165) is 51.7 Å². The molecule has 0 aromatic heterocycles. The van der Waals surface area contributed by atoms with E-state index in [9.17, 15) is 5.11 Å². The van der Waals surface area contributed by atoms with Crippen LogP contribution in [-0.4, -0.2) is 78.8 Å². The predicted molar refractivity (Wildman–Crippen MR) is 99.1 cm³/mol. The molecule has 1 aromatic carbocycles. The number of aliphatic hydroxyl groups excluding tert-OH is 1. The van der Waals surface area contributed by atoms with Crippen LogP contribution >= 0.6 is 0 Å². The molecule has 2 aliphatic rings. The first-order chi connectivity index (χ1) is 11.6. The Morgan fingerprint density at radius 1 is 1.04 bits per heavy atom. The van der Waals surface area contributed by atoms with Crippen LogP contribution in [0.1, 0.15) is 31.4 Å². The summed E-state index contributed by atoms with van der Waals surface area (Å²) >= 11 is 0. The lowest BCUT2D eigenvalue weighted by Gasteiger charge is -2.42. The Hall–Kier alpha value is -0.940. The summed E-state index contributed by atoms with van der Waals surface area (Å²) in [6.45, 7) is 9.37. The van der Waals surface area contributed by atoms with Crippen molar-refractivity contribution >= 4 is 0 Å². The normalized spacial score (nSPS) is 26.5. The van der Waals surface area contributed by atoms with Crippen molar-refractivity contribution in [2.75, 3.05) is 52.9 Å². The summed E-state index contributed by atoms with van der Waals surface area (Å²) in [6.07, 6.45) is 2.29. The molecule has 2 heterocycles. The Bertz CT molecular complexity index is 487. The molecule has 0 spiro atoms. The third-order valence-electron chi connectivity index (χ3n) is 5.67. The molecule has 1 N–H and O–H groups in total. The van der Waals surface area contributed by atoms with Gasteiger partial charge in [-0.05, 0) is 44.5 Å². The van der Waals surface area contributed by atoms with E-state index >= 15 is 0 Å². The first-order valence-electron chi connectivity index (χ1n) is 9.50. The summed E-state index contributed by atoms with van der Waals surface area (Å²) in [5.41, 5.74) is 1.36. The van der Waals surface area contributed by atoms with Crippen molar-refractivity contribution in [2.45, 2.75) is 31.9 Å². The van der Waals surface area contributed by atoms with Gasteiger partial charge in [0.25, 0.3) is 0 Å². The average molecular weight is 332 g/mol. The van der Waals surface area contributed by atoms with Crippen LogP contribution in [0.5, 0.6) is 0 Å². The lowest BCUT2D eigenvalue weighted by atomic mass is 9.99. The minimum absolute atomic E-state index is 0.256. The standard InChI is InChI=1S/C20H33N3O/c1-17-8-10-22(11-9-17)14-19(24)15-23-13-12-21(2)16-20(23)18-6-4-3-5-7-18/h3-7,17,19-20,24H,8-16H2,1-2H3. The number of aliphatic hydroxyl groups is 1. The Balaban J connectivity index is 1.57. The van der Waals surface area contributed by atoms with E-state index in [-0.39, 0.29) is 6.10 Å². The molecule has 2 aliphatic heterocycles. The number of hydrogen-bond acceptors (Lipinski definition) is 4. The van der Waals surface area contributed by atoms with Gasteiger partial charge >= 0.3 is 0 Å². The topological polar surface area (TPSA) is 30.0 Å². The molecule has 0 amide bonds. The SMILES string of the molecule is CC1CCN(CC(O)CN2CCN(C)CC2c2ccccc2)CC1. The van der Waals surface area contributed by atoms with Gasteiger partial charge in [-0.1, -0.05) is 37.3 Å². The second kappa shape index (κ2) is 8.43. The van der Waals surface area contributed by atoms with Crippen LogP contribution in [0.15, 0.2) is 30.3 Å². The first kappa shape index (κ1) is 17.9. The predicted octanol–water partition coefficient (Wildman–Crippen LogP) is 2.07. The van der Waals surface area contributed by atoms with Crippen molar-refractivity contribution < 1.29 is 5.11 Å². The lowest BCUT2D eigenvalue weighted by molar-refractivity contribution is 0.0205. The van der Waals surface area contributed by atoms with Crippen LogP contribution in [0.3, 0.4) is 0 Å². The van der Waals surface area contributed by atoms with Crippen LogP contribution < -0.4 is 0 Å². The maximum absolute atomic E-state index is 10.7. The van der Waals surface area contributed by atoms with Crippen LogP contribution in [0.2, 0.25) is 0 Å². The van der Waals surface area contributed by atoms with E-state index in [1.54, 1.807) is 0 Å². The molecule has 2 atom stereocenters. The minimum atomic E-state index is -0.256. The van der Waals surface area contributed by atoms with E-state index in [0.29, 0.717) is 6.04 Å². The van der Waals surface area contributed by atoms with Gasteiger partial charge < -0.3 is 14.9 Å². The van der Waals surface area contributed by atoms with Gasteiger partial charge in [0.05, 0.1) is 6.10 Å². The number of piperazine rings is 1.